The van der Waals surface area contributed by atoms with Crippen LogP contribution in [0.15, 0.2) is 30.5 Å². The standard InChI is InChI=1S/C15H16N2O5.H2/c18-13(5-6-14(19)20)17-12(15(21)22)7-9-8-16-11-4-2-1-3-10(9)11;/h1-4,8,12,16H,5-7H2,(H,17,18)(H,19,20)(H,21,22);1H. The first-order valence-electron chi connectivity index (χ1n) is 6.76. The number of carbonyl (C=O) groups excluding carboxylic acids is 1. The largest absolute Gasteiger partial charge is 0.481 e. The number of carboxylic acid groups (broad SMARTS) is 2. The Balaban J connectivity index is 0.00000264. The van der Waals surface area contributed by atoms with Crippen molar-refractivity contribution in [1.82, 2.24) is 10.3 Å². The maximum absolute atomic E-state index is 11.6. The molecule has 0 saturated carbocycles. The highest BCUT2D eigenvalue weighted by molar-refractivity contribution is 5.87. The summed E-state index contributed by atoms with van der Waals surface area (Å²) in [7, 11) is 0. The second-order valence-corrected chi connectivity index (χ2v) is 4.92. The summed E-state index contributed by atoms with van der Waals surface area (Å²) < 4.78 is 0. The Bertz CT molecular complexity index is 713. The van der Waals surface area contributed by atoms with Crippen LogP contribution in [-0.4, -0.2) is 39.1 Å². The first-order valence-corrected chi connectivity index (χ1v) is 6.76. The molecule has 2 rings (SSSR count). The van der Waals surface area contributed by atoms with Crippen LogP contribution < -0.4 is 5.32 Å². The second kappa shape index (κ2) is 6.75. The van der Waals surface area contributed by atoms with Crippen molar-refractivity contribution in [1.29, 1.82) is 0 Å². The van der Waals surface area contributed by atoms with Gasteiger partial charge in [0.1, 0.15) is 6.04 Å². The number of H-pyrrole nitrogens is 1. The van der Waals surface area contributed by atoms with Gasteiger partial charge in [-0.05, 0) is 11.6 Å². The Morgan fingerprint density at radius 2 is 1.91 bits per heavy atom. The summed E-state index contributed by atoms with van der Waals surface area (Å²) >= 11 is 0. The Hall–Kier alpha value is -2.83. The van der Waals surface area contributed by atoms with Crippen molar-refractivity contribution in [2.75, 3.05) is 0 Å². The Labute approximate surface area is 127 Å². The van der Waals surface area contributed by atoms with Crippen LogP contribution in [0.25, 0.3) is 10.9 Å². The van der Waals surface area contributed by atoms with Gasteiger partial charge < -0.3 is 20.5 Å². The molecule has 1 amide bonds. The average Bonchev–Trinajstić information content (AvgIpc) is 2.87. The lowest BCUT2D eigenvalue weighted by Crippen LogP contribution is -2.42. The molecule has 1 aromatic carbocycles. The number of aliphatic carboxylic acids is 2. The van der Waals surface area contributed by atoms with Gasteiger partial charge in [-0.1, -0.05) is 18.2 Å². The summed E-state index contributed by atoms with van der Waals surface area (Å²) in [6.45, 7) is 0. The van der Waals surface area contributed by atoms with Crippen LogP contribution in [0.4, 0.5) is 0 Å². The zero-order valence-corrected chi connectivity index (χ0v) is 11.7. The highest BCUT2D eigenvalue weighted by Gasteiger charge is 2.22. The highest BCUT2D eigenvalue weighted by Crippen LogP contribution is 2.19. The molecule has 118 valence electrons. The molecule has 1 aromatic heterocycles. The third kappa shape index (κ3) is 3.85. The lowest BCUT2D eigenvalue weighted by atomic mass is 10.0. The van der Waals surface area contributed by atoms with Gasteiger partial charge in [0.15, 0.2) is 0 Å². The fraction of sp³-hybridized carbons (Fsp3) is 0.267. The van der Waals surface area contributed by atoms with Crippen LogP contribution in [0.3, 0.4) is 0 Å². The number of rotatable bonds is 7. The van der Waals surface area contributed by atoms with Gasteiger partial charge >= 0.3 is 11.9 Å². The number of aromatic nitrogens is 1. The van der Waals surface area contributed by atoms with Gasteiger partial charge in [-0.15, -0.1) is 0 Å². The number of carbonyl (C=O) groups is 3. The topological polar surface area (TPSA) is 119 Å². The Kier molecular flexibility index (Phi) is 4.77. The number of fused-ring (bicyclic) bond motifs is 1. The minimum Gasteiger partial charge on any atom is -0.481 e. The van der Waals surface area contributed by atoms with Crippen LogP contribution >= 0.6 is 0 Å². The molecule has 0 spiro atoms. The number of hydrogen-bond donors (Lipinski definition) is 4. The van der Waals surface area contributed by atoms with Gasteiger partial charge in [-0.25, -0.2) is 4.79 Å². The monoisotopic (exact) mass is 306 g/mol. The van der Waals surface area contributed by atoms with E-state index in [1.54, 1.807) is 6.20 Å². The summed E-state index contributed by atoms with van der Waals surface area (Å²) in [6.07, 6.45) is 1.26. The molecule has 1 atom stereocenters. The molecule has 2 aromatic rings. The molecule has 7 nitrogen and oxygen atoms in total. The number of amides is 1. The maximum atomic E-state index is 11.6. The fourth-order valence-corrected chi connectivity index (χ4v) is 2.21. The van der Waals surface area contributed by atoms with Crippen molar-refractivity contribution in [3.63, 3.8) is 0 Å². The zero-order chi connectivity index (χ0) is 16.1. The maximum Gasteiger partial charge on any atom is 0.326 e. The molecule has 1 unspecified atom stereocenters. The zero-order valence-electron chi connectivity index (χ0n) is 11.7. The van der Waals surface area contributed by atoms with Crippen LogP contribution in [0.2, 0.25) is 0 Å². The molecular weight excluding hydrogens is 288 g/mol. The van der Waals surface area contributed by atoms with E-state index < -0.39 is 23.9 Å². The summed E-state index contributed by atoms with van der Waals surface area (Å²) in [5, 5.41) is 21.0. The van der Waals surface area contributed by atoms with E-state index >= 15 is 0 Å². The van der Waals surface area contributed by atoms with Gasteiger partial charge in [0.25, 0.3) is 0 Å². The van der Waals surface area contributed by atoms with Gasteiger partial charge in [0.05, 0.1) is 6.42 Å². The van der Waals surface area contributed by atoms with Gasteiger partial charge in [-0.3, -0.25) is 9.59 Å². The third-order valence-corrected chi connectivity index (χ3v) is 3.30. The van der Waals surface area contributed by atoms with Gasteiger partial charge in [0.2, 0.25) is 5.91 Å². The lowest BCUT2D eigenvalue weighted by molar-refractivity contribution is -0.142. The van der Waals surface area contributed by atoms with E-state index in [0.717, 1.165) is 16.5 Å². The van der Waals surface area contributed by atoms with Crippen LogP contribution in [0.5, 0.6) is 0 Å². The van der Waals surface area contributed by atoms with E-state index in [9.17, 15) is 19.5 Å². The normalized spacial score (nSPS) is 12.0. The first kappa shape index (κ1) is 15.6. The van der Waals surface area contributed by atoms with Crippen molar-refractivity contribution >= 4 is 28.7 Å². The molecule has 4 N–H and O–H groups in total. The summed E-state index contributed by atoms with van der Waals surface area (Å²) in [5.74, 6) is -2.85. The molecule has 0 aliphatic rings. The SMILES string of the molecule is O=C(O)CCC(=O)NC(Cc1c[nH]c2ccccc12)C(=O)O.[HH]. The summed E-state index contributed by atoms with van der Waals surface area (Å²) in [5.41, 5.74) is 1.67. The lowest BCUT2D eigenvalue weighted by Gasteiger charge is -2.14. The van der Waals surface area contributed by atoms with Crippen molar-refractivity contribution in [3.05, 3.63) is 36.0 Å². The number of carboxylic acids is 2. The van der Waals surface area contributed by atoms with E-state index in [2.05, 4.69) is 10.3 Å². The first-order chi connectivity index (χ1) is 10.5. The molecule has 7 heteroatoms. The highest BCUT2D eigenvalue weighted by atomic mass is 16.4. The third-order valence-electron chi connectivity index (χ3n) is 3.30. The molecule has 1 heterocycles. The molecule has 0 fully saturated rings. The number of aromatic amines is 1. The van der Waals surface area contributed by atoms with E-state index in [4.69, 9.17) is 5.11 Å². The van der Waals surface area contributed by atoms with Crippen molar-refractivity contribution in [2.45, 2.75) is 25.3 Å². The molecule has 0 aliphatic carbocycles. The molecule has 0 aliphatic heterocycles. The number of nitrogens with one attached hydrogen (secondary N) is 2. The van der Waals surface area contributed by atoms with Gasteiger partial charge in [-0.2, -0.15) is 0 Å². The fourth-order valence-electron chi connectivity index (χ4n) is 2.21. The predicted octanol–water partition coefficient (Wildman–Crippen LogP) is 1.39. The molecule has 0 radical (unpaired) electrons. The van der Waals surface area contributed by atoms with Gasteiger partial charge in [0, 0.05) is 31.4 Å². The average molecular weight is 306 g/mol. The Morgan fingerprint density at radius 1 is 1.18 bits per heavy atom. The van der Waals surface area contributed by atoms with Crippen molar-refractivity contribution in [2.24, 2.45) is 0 Å². The van der Waals surface area contributed by atoms with Crippen molar-refractivity contribution < 1.29 is 26.0 Å². The van der Waals surface area contributed by atoms with Crippen LogP contribution in [0, 0.1) is 0 Å². The van der Waals surface area contributed by atoms with Crippen LogP contribution in [-0.2, 0) is 20.8 Å². The molecule has 0 bridgehead atoms. The predicted molar refractivity (Wildman–Crippen MR) is 80.6 cm³/mol. The smallest absolute Gasteiger partial charge is 0.326 e. The number of benzene rings is 1. The van der Waals surface area contributed by atoms with E-state index in [1.807, 2.05) is 24.3 Å². The molecule has 22 heavy (non-hydrogen) atoms. The quantitative estimate of drug-likeness (QED) is 0.616. The van der Waals surface area contributed by atoms with E-state index in [0.29, 0.717) is 0 Å². The summed E-state index contributed by atoms with van der Waals surface area (Å²) in [6, 6.07) is 6.36. The summed E-state index contributed by atoms with van der Waals surface area (Å²) in [4.78, 5) is 36.4. The van der Waals surface area contributed by atoms with Crippen molar-refractivity contribution in [3.8, 4) is 0 Å². The van der Waals surface area contributed by atoms with E-state index in [1.165, 1.54) is 0 Å². The number of hydrogen-bond acceptors (Lipinski definition) is 3. The second-order valence-electron chi connectivity index (χ2n) is 4.92. The minimum atomic E-state index is -1.16. The Morgan fingerprint density at radius 3 is 2.59 bits per heavy atom. The molecular formula is C15H18N2O5. The molecule has 0 saturated heterocycles. The van der Waals surface area contributed by atoms with Crippen LogP contribution in [0.1, 0.15) is 19.8 Å². The number of para-hydroxylation sites is 1. The van der Waals surface area contributed by atoms with E-state index in [-0.39, 0.29) is 20.7 Å². The minimum absolute atomic E-state index is 0.